The van der Waals surface area contributed by atoms with Crippen molar-refractivity contribution in [3.63, 3.8) is 0 Å². The third-order valence-electron chi connectivity index (χ3n) is 2.04. The van der Waals surface area contributed by atoms with Gasteiger partial charge in [0, 0.05) is 19.0 Å². The minimum Gasteiger partial charge on any atom is -0.445 e. The lowest BCUT2D eigenvalue weighted by Crippen LogP contribution is -2.39. The molecule has 0 unspecified atom stereocenters. The van der Waals surface area contributed by atoms with Crippen LogP contribution in [0.5, 0.6) is 0 Å². The summed E-state index contributed by atoms with van der Waals surface area (Å²) in [5.74, 6) is -0.0611. The molecular formula is C9H12Cl3NO3. The molecule has 1 N–H and O–H groups in total. The molecule has 7 heteroatoms. The van der Waals surface area contributed by atoms with E-state index in [-0.39, 0.29) is 19.1 Å². The Bertz CT molecular complexity index is 278. The average Bonchev–Trinajstić information content (AvgIpc) is 2.25. The molecule has 0 spiro atoms. The molecule has 0 aliphatic carbocycles. The highest BCUT2D eigenvalue weighted by Gasteiger charge is 2.26. The first kappa shape index (κ1) is 13.9. The van der Waals surface area contributed by atoms with E-state index >= 15 is 0 Å². The Balaban J connectivity index is 2.40. The third kappa shape index (κ3) is 4.78. The zero-order valence-electron chi connectivity index (χ0n) is 8.41. The lowest BCUT2D eigenvalue weighted by molar-refractivity contribution is 0.0970. The Hall–Kier alpha value is -0.160. The maximum atomic E-state index is 11.5. The Morgan fingerprint density at radius 3 is 2.81 bits per heavy atom. The van der Waals surface area contributed by atoms with Gasteiger partial charge in [-0.2, -0.15) is 0 Å². The second-order valence-electron chi connectivity index (χ2n) is 3.45. The molecular weight excluding hydrogens is 276 g/mol. The van der Waals surface area contributed by atoms with Crippen LogP contribution in [-0.4, -0.2) is 46.2 Å². The van der Waals surface area contributed by atoms with Gasteiger partial charge in [-0.05, 0) is 0 Å². The lowest BCUT2D eigenvalue weighted by atomic mass is 10.1. The van der Waals surface area contributed by atoms with Gasteiger partial charge in [0.25, 0.3) is 0 Å². The predicted octanol–water partition coefficient (Wildman–Crippen LogP) is 1.97. The zero-order chi connectivity index (χ0) is 12.2. The molecule has 92 valence electrons. The van der Waals surface area contributed by atoms with Gasteiger partial charge >= 0.3 is 6.09 Å². The van der Waals surface area contributed by atoms with E-state index in [4.69, 9.17) is 44.6 Å². The number of alkyl halides is 3. The molecule has 16 heavy (non-hydrogen) atoms. The maximum Gasteiger partial charge on any atom is 0.410 e. The van der Waals surface area contributed by atoms with Crippen LogP contribution in [0.4, 0.5) is 4.79 Å². The topological polar surface area (TPSA) is 49.8 Å². The number of ether oxygens (including phenoxy) is 1. The van der Waals surface area contributed by atoms with E-state index in [9.17, 15) is 4.79 Å². The van der Waals surface area contributed by atoms with Crippen molar-refractivity contribution in [2.75, 3.05) is 26.3 Å². The van der Waals surface area contributed by atoms with E-state index in [1.807, 2.05) is 6.08 Å². The summed E-state index contributed by atoms with van der Waals surface area (Å²) in [7, 11) is 0. The van der Waals surface area contributed by atoms with Crippen LogP contribution in [0, 0.1) is 5.92 Å². The van der Waals surface area contributed by atoms with Gasteiger partial charge in [0.15, 0.2) is 0 Å². The highest BCUT2D eigenvalue weighted by Crippen LogP contribution is 2.26. The molecule has 0 saturated heterocycles. The Morgan fingerprint density at radius 1 is 1.56 bits per heavy atom. The number of nitrogens with zero attached hydrogens (tertiary/aromatic N) is 1. The molecule has 4 nitrogen and oxygen atoms in total. The molecule has 1 aliphatic heterocycles. The number of hydrogen-bond donors (Lipinski definition) is 1. The fourth-order valence-corrected chi connectivity index (χ4v) is 1.47. The summed E-state index contributed by atoms with van der Waals surface area (Å²) in [4.78, 5) is 13.0. The van der Waals surface area contributed by atoms with Gasteiger partial charge < -0.3 is 14.7 Å². The van der Waals surface area contributed by atoms with Crippen LogP contribution in [-0.2, 0) is 4.74 Å². The standard InChI is InChI=1S/C9H12Cl3NO3/c10-9(11,12)6-16-8(15)13-3-1-2-7(4-13)5-14/h1-2,7,14H,3-6H2/t7-/m0/s1. The summed E-state index contributed by atoms with van der Waals surface area (Å²) in [6.07, 6.45) is 3.11. The highest BCUT2D eigenvalue weighted by atomic mass is 35.6. The second-order valence-corrected chi connectivity index (χ2v) is 5.96. The quantitative estimate of drug-likeness (QED) is 0.624. The van der Waals surface area contributed by atoms with Crippen LogP contribution in [0.25, 0.3) is 0 Å². The summed E-state index contributed by atoms with van der Waals surface area (Å²) in [6.45, 7) is 0.548. The van der Waals surface area contributed by atoms with E-state index in [2.05, 4.69) is 0 Å². The molecule has 0 aromatic carbocycles. The fraction of sp³-hybridized carbons (Fsp3) is 0.667. The Kier molecular flexibility index (Phi) is 5.18. The van der Waals surface area contributed by atoms with Crippen LogP contribution in [0.2, 0.25) is 0 Å². The highest BCUT2D eigenvalue weighted by molar-refractivity contribution is 6.67. The molecule has 1 aliphatic rings. The van der Waals surface area contributed by atoms with Crippen molar-refractivity contribution >= 4 is 40.9 Å². The van der Waals surface area contributed by atoms with E-state index in [0.717, 1.165) is 0 Å². The third-order valence-corrected chi connectivity index (χ3v) is 2.37. The number of carbonyl (C=O) groups excluding carboxylic acids is 1. The first-order chi connectivity index (χ1) is 7.42. The summed E-state index contributed by atoms with van der Waals surface area (Å²) in [5.41, 5.74) is 0. The molecule has 1 rings (SSSR count). The number of halogens is 3. The van der Waals surface area contributed by atoms with Gasteiger partial charge in [0.2, 0.25) is 3.79 Å². The SMILES string of the molecule is O=C(OCC(Cl)(Cl)Cl)N1CC=C[C@H](CO)C1. The van der Waals surface area contributed by atoms with Crippen LogP contribution in [0.3, 0.4) is 0 Å². The minimum absolute atomic E-state index is 0.00919. The van der Waals surface area contributed by atoms with Crippen molar-refractivity contribution in [1.29, 1.82) is 0 Å². The smallest absolute Gasteiger partial charge is 0.410 e. The van der Waals surface area contributed by atoms with Crippen LogP contribution >= 0.6 is 34.8 Å². The maximum absolute atomic E-state index is 11.5. The molecule has 1 amide bonds. The summed E-state index contributed by atoms with van der Waals surface area (Å²) >= 11 is 16.4. The molecule has 0 aromatic rings. The van der Waals surface area contributed by atoms with Gasteiger partial charge in [0.05, 0.1) is 6.61 Å². The van der Waals surface area contributed by atoms with Crippen molar-refractivity contribution in [2.45, 2.75) is 3.79 Å². The van der Waals surface area contributed by atoms with Crippen LogP contribution in [0.1, 0.15) is 0 Å². The summed E-state index contributed by atoms with van der Waals surface area (Å²) in [5, 5.41) is 8.96. The molecule has 1 heterocycles. The molecule has 0 radical (unpaired) electrons. The van der Waals surface area contributed by atoms with E-state index in [1.165, 1.54) is 4.90 Å². The van der Waals surface area contributed by atoms with Crippen molar-refractivity contribution in [3.8, 4) is 0 Å². The fourth-order valence-electron chi connectivity index (χ4n) is 1.30. The van der Waals surface area contributed by atoms with Gasteiger partial charge in [-0.15, -0.1) is 0 Å². The van der Waals surface area contributed by atoms with Crippen molar-refractivity contribution in [2.24, 2.45) is 5.92 Å². The van der Waals surface area contributed by atoms with Gasteiger partial charge in [-0.1, -0.05) is 47.0 Å². The molecule has 0 bridgehead atoms. The van der Waals surface area contributed by atoms with Gasteiger partial charge in [-0.3, -0.25) is 0 Å². The number of aliphatic hydroxyl groups is 1. The zero-order valence-corrected chi connectivity index (χ0v) is 10.7. The normalized spacial score (nSPS) is 21.0. The number of hydrogen-bond acceptors (Lipinski definition) is 3. The monoisotopic (exact) mass is 287 g/mol. The first-order valence-corrected chi connectivity index (χ1v) is 5.82. The summed E-state index contributed by atoms with van der Waals surface area (Å²) < 4.78 is 3.21. The number of amides is 1. The summed E-state index contributed by atoms with van der Waals surface area (Å²) in [6, 6.07) is 0. The first-order valence-electron chi connectivity index (χ1n) is 4.68. The van der Waals surface area contributed by atoms with Gasteiger partial charge in [-0.25, -0.2) is 4.79 Å². The van der Waals surface area contributed by atoms with Crippen molar-refractivity contribution < 1.29 is 14.6 Å². The lowest BCUT2D eigenvalue weighted by Gasteiger charge is -2.27. The number of carbonyl (C=O) groups is 1. The largest absolute Gasteiger partial charge is 0.445 e. The number of aliphatic hydroxyl groups excluding tert-OH is 1. The van der Waals surface area contributed by atoms with Crippen LogP contribution < -0.4 is 0 Å². The van der Waals surface area contributed by atoms with E-state index < -0.39 is 9.89 Å². The predicted molar refractivity (Wildman–Crippen MR) is 62.9 cm³/mol. The number of rotatable bonds is 2. The molecule has 0 fully saturated rings. The molecule has 0 saturated carbocycles. The Morgan fingerprint density at radius 2 is 2.25 bits per heavy atom. The second kappa shape index (κ2) is 5.96. The van der Waals surface area contributed by atoms with Gasteiger partial charge in [0.1, 0.15) is 6.61 Å². The van der Waals surface area contributed by atoms with Crippen molar-refractivity contribution in [3.05, 3.63) is 12.2 Å². The molecule has 0 aromatic heterocycles. The van der Waals surface area contributed by atoms with E-state index in [1.54, 1.807) is 6.08 Å². The van der Waals surface area contributed by atoms with Crippen molar-refractivity contribution in [1.82, 2.24) is 4.90 Å². The minimum atomic E-state index is -1.60. The molecule has 1 atom stereocenters. The Labute approximate surface area is 109 Å². The van der Waals surface area contributed by atoms with Crippen LogP contribution in [0.15, 0.2) is 12.2 Å². The van der Waals surface area contributed by atoms with E-state index in [0.29, 0.717) is 13.1 Å². The average molecular weight is 289 g/mol.